The maximum absolute atomic E-state index is 12.0. The maximum atomic E-state index is 12.0. The Morgan fingerprint density at radius 1 is 1.03 bits per heavy atom. The largest absolute Gasteiger partial charge is 0.438 e. The van der Waals surface area contributed by atoms with Gasteiger partial charge in [-0.2, -0.15) is 0 Å². The van der Waals surface area contributed by atoms with Gasteiger partial charge >= 0.3 is 0 Å². The Kier molecular flexibility index (Phi) is 5.95. The van der Waals surface area contributed by atoms with Crippen LogP contribution in [0.4, 0.5) is 5.69 Å². The number of nitrogens with zero attached hydrogens (tertiary/aromatic N) is 1. The number of aromatic nitrogens is 1. The molecular weight excluding hydrogens is 378 g/mol. The molecule has 154 valence electrons. The van der Waals surface area contributed by atoms with Crippen molar-refractivity contribution in [3.05, 3.63) is 72.4 Å². The van der Waals surface area contributed by atoms with Gasteiger partial charge in [-0.25, -0.2) is 4.98 Å². The summed E-state index contributed by atoms with van der Waals surface area (Å²) in [5, 5.41) is 13.2. The molecule has 4 N–H and O–H groups in total. The molecule has 0 radical (unpaired) electrons. The molecule has 4 rings (SSSR count). The Balaban J connectivity index is 1.66. The summed E-state index contributed by atoms with van der Waals surface area (Å²) in [5.41, 5.74) is 8.56. The van der Waals surface area contributed by atoms with Crippen LogP contribution in [0.1, 0.15) is 36.0 Å². The molecule has 1 fully saturated rings. The van der Waals surface area contributed by atoms with Crippen molar-refractivity contribution in [2.24, 2.45) is 5.73 Å². The number of pyridine rings is 1. The average Bonchev–Trinajstić information content (AvgIpc) is 2.76. The van der Waals surface area contributed by atoms with Gasteiger partial charge < -0.3 is 20.9 Å². The summed E-state index contributed by atoms with van der Waals surface area (Å²) in [4.78, 5) is 16.2. The third-order valence-electron chi connectivity index (χ3n) is 5.39. The third-order valence-corrected chi connectivity index (χ3v) is 5.39. The molecule has 1 aliphatic carbocycles. The van der Waals surface area contributed by atoms with Gasteiger partial charge in [0.25, 0.3) is 5.91 Å². The number of rotatable bonds is 6. The molecule has 1 aromatic heterocycles. The number of aliphatic hydroxyl groups is 1. The average molecular weight is 403 g/mol. The standard InChI is InChI=1S/C24H25N3O3/c25-24(29)20-13-8-16(15-21(20)27-17-9-11-18(28)12-10-17)19-5-1-2-6-22(19)30-23-7-3-4-14-26-23/h1-8,13-15,17-18,27-28H,9-12H2,(H2,25,29)/t17-,18-. The van der Waals surface area contributed by atoms with Gasteiger partial charge in [-0.3, -0.25) is 4.79 Å². The lowest BCUT2D eigenvalue weighted by Crippen LogP contribution is -2.29. The number of ether oxygens (including phenoxy) is 1. The van der Waals surface area contributed by atoms with Crippen LogP contribution in [-0.2, 0) is 0 Å². The van der Waals surface area contributed by atoms with Crippen LogP contribution in [0.5, 0.6) is 11.6 Å². The van der Waals surface area contributed by atoms with Crippen molar-refractivity contribution >= 4 is 11.6 Å². The summed E-state index contributed by atoms with van der Waals surface area (Å²) >= 11 is 0. The monoisotopic (exact) mass is 403 g/mol. The summed E-state index contributed by atoms with van der Waals surface area (Å²) in [7, 11) is 0. The SMILES string of the molecule is NC(=O)c1ccc(-c2ccccc2Oc2ccccn2)cc1N[C@H]1CC[C@H](O)CC1. The van der Waals surface area contributed by atoms with Crippen molar-refractivity contribution < 1.29 is 14.6 Å². The smallest absolute Gasteiger partial charge is 0.250 e. The number of anilines is 1. The second-order valence-electron chi connectivity index (χ2n) is 7.54. The molecule has 1 heterocycles. The number of amides is 1. The van der Waals surface area contributed by atoms with Crippen LogP contribution < -0.4 is 15.8 Å². The van der Waals surface area contributed by atoms with Gasteiger partial charge in [0.05, 0.1) is 11.7 Å². The van der Waals surface area contributed by atoms with E-state index >= 15 is 0 Å². The van der Waals surface area contributed by atoms with Crippen molar-refractivity contribution in [2.75, 3.05) is 5.32 Å². The molecule has 2 aromatic carbocycles. The van der Waals surface area contributed by atoms with Crippen LogP contribution >= 0.6 is 0 Å². The topological polar surface area (TPSA) is 97.5 Å². The molecule has 0 spiro atoms. The van der Waals surface area contributed by atoms with Crippen molar-refractivity contribution in [3.8, 4) is 22.8 Å². The summed E-state index contributed by atoms with van der Waals surface area (Å²) < 4.78 is 5.99. The van der Waals surface area contributed by atoms with E-state index in [1.54, 1.807) is 18.3 Å². The van der Waals surface area contributed by atoms with E-state index in [4.69, 9.17) is 10.5 Å². The van der Waals surface area contributed by atoms with Crippen molar-refractivity contribution in [3.63, 3.8) is 0 Å². The summed E-state index contributed by atoms with van der Waals surface area (Å²) in [5.74, 6) is 0.713. The van der Waals surface area contributed by atoms with Gasteiger partial charge in [0.1, 0.15) is 5.75 Å². The Labute approximate surface area is 175 Å². The van der Waals surface area contributed by atoms with Crippen LogP contribution in [0.2, 0.25) is 0 Å². The van der Waals surface area contributed by atoms with E-state index in [1.807, 2.05) is 48.5 Å². The molecular formula is C24H25N3O3. The first-order chi connectivity index (χ1) is 14.6. The van der Waals surface area contributed by atoms with E-state index in [2.05, 4.69) is 10.3 Å². The Hall–Kier alpha value is -3.38. The van der Waals surface area contributed by atoms with Crippen LogP contribution in [0, 0.1) is 0 Å². The molecule has 6 nitrogen and oxygen atoms in total. The fraction of sp³-hybridized carbons (Fsp3) is 0.250. The minimum atomic E-state index is -0.474. The van der Waals surface area contributed by atoms with Crippen LogP contribution in [0.15, 0.2) is 66.9 Å². The second-order valence-corrected chi connectivity index (χ2v) is 7.54. The first-order valence-electron chi connectivity index (χ1n) is 10.2. The Morgan fingerprint density at radius 2 is 1.80 bits per heavy atom. The lowest BCUT2D eigenvalue weighted by molar-refractivity contribution is 0.100. The minimum Gasteiger partial charge on any atom is -0.438 e. The van der Waals surface area contributed by atoms with E-state index < -0.39 is 5.91 Å². The molecule has 0 aliphatic heterocycles. The van der Waals surface area contributed by atoms with Crippen molar-refractivity contribution in [1.29, 1.82) is 0 Å². The lowest BCUT2D eigenvalue weighted by atomic mass is 9.92. The first-order valence-corrected chi connectivity index (χ1v) is 10.2. The summed E-state index contributed by atoms with van der Waals surface area (Å²) in [6.07, 6.45) is 4.66. The first kappa shape index (κ1) is 19.9. The van der Waals surface area contributed by atoms with E-state index in [9.17, 15) is 9.90 Å². The Bertz CT molecular complexity index is 1020. The number of aliphatic hydroxyl groups excluding tert-OH is 1. The second kappa shape index (κ2) is 8.97. The number of carbonyl (C=O) groups excluding carboxylic acids is 1. The molecule has 0 atom stereocenters. The number of carbonyl (C=O) groups is 1. The van der Waals surface area contributed by atoms with Gasteiger partial charge in [-0.05, 0) is 55.5 Å². The predicted molar refractivity (Wildman–Crippen MR) is 117 cm³/mol. The number of primary amides is 1. The van der Waals surface area contributed by atoms with E-state index in [-0.39, 0.29) is 12.1 Å². The Morgan fingerprint density at radius 3 is 2.53 bits per heavy atom. The van der Waals surface area contributed by atoms with E-state index in [1.165, 1.54) is 0 Å². The molecule has 3 aromatic rings. The van der Waals surface area contributed by atoms with E-state index in [0.29, 0.717) is 22.9 Å². The number of benzene rings is 2. The van der Waals surface area contributed by atoms with Gasteiger partial charge in [0.15, 0.2) is 0 Å². The molecule has 1 saturated carbocycles. The normalized spacial score (nSPS) is 18.6. The number of nitrogens with two attached hydrogens (primary N) is 1. The fourth-order valence-corrected chi connectivity index (χ4v) is 3.80. The molecule has 0 saturated heterocycles. The highest BCUT2D eigenvalue weighted by molar-refractivity contribution is 5.99. The molecule has 0 unspecified atom stereocenters. The lowest BCUT2D eigenvalue weighted by Gasteiger charge is -2.28. The zero-order valence-corrected chi connectivity index (χ0v) is 16.6. The highest BCUT2D eigenvalue weighted by Gasteiger charge is 2.21. The highest BCUT2D eigenvalue weighted by atomic mass is 16.5. The molecule has 30 heavy (non-hydrogen) atoms. The van der Waals surface area contributed by atoms with Gasteiger partial charge in [-0.15, -0.1) is 0 Å². The van der Waals surface area contributed by atoms with E-state index in [0.717, 1.165) is 36.8 Å². The zero-order valence-electron chi connectivity index (χ0n) is 16.6. The molecule has 0 bridgehead atoms. The predicted octanol–water partition coefficient (Wildman–Crippen LogP) is 4.36. The van der Waals surface area contributed by atoms with Gasteiger partial charge in [0, 0.05) is 29.6 Å². The number of para-hydroxylation sites is 1. The van der Waals surface area contributed by atoms with Crippen molar-refractivity contribution in [1.82, 2.24) is 4.98 Å². The molecule has 1 amide bonds. The summed E-state index contributed by atoms with van der Waals surface area (Å²) in [6, 6.07) is 19.0. The van der Waals surface area contributed by atoms with Gasteiger partial charge in [0.2, 0.25) is 5.88 Å². The highest BCUT2D eigenvalue weighted by Crippen LogP contribution is 2.35. The zero-order chi connectivity index (χ0) is 20.9. The molecule has 1 aliphatic rings. The third kappa shape index (κ3) is 4.60. The van der Waals surface area contributed by atoms with Crippen LogP contribution in [0.3, 0.4) is 0 Å². The van der Waals surface area contributed by atoms with Crippen LogP contribution in [0.25, 0.3) is 11.1 Å². The number of hydrogen-bond acceptors (Lipinski definition) is 5. The molecule has 6 heteroatoms. The van der Waals surface area contributed by atoms with Gasteiger partial charge in [-0.1, -0.05) is 30.3 Å². The number of hydrogen-bond donors (Lipinski definition) is 3. The van der Waals surface area contributed by atoms with Crippen LogP contribution in [-0.4, -0.2) is 28.1 Å². The minimum absolute atomic E-state index is 0.196. The quantitative estimate of drug-likeness (QED) is 0.568. The number of nitrogens with one attached hydrogen (secondary N) is 1. The van der Waals surface area contributed by atoms with Crippen molar-refractivity contribution in [2.45, 2.75) is 37.8 Å². The maximum Gasteiger partial charge on any atom is 0.250 e. The summed E-state index contributed by atoms with van der Waals surface area (Å²) in [6.45, 7) is 0. The fourth-order valence-electron chi connectivity index (χ4n) is 3.80.